The quantitative estimate of drug-likeness (QED) is 0.880. The highest BCUT2D eigenvalue weighted by atomic mass is 32.2. The monoisotopic (exact) mass is 286 g/mol. The predicted octanol–water partition coefficient (Wildman–Crippen LogP) is 0.599. The summed E-state index contributed by atoms with van der Waals surface area (Å²) in [6, 6.07) is 0. The number of sulfonamides is 1. The highest BCUT2D eigenvalue weighted by molar-refractivity contribution is 7.89. The number of aromatic nitrogens is 2. The molecule has 1 aliphatic heterocycles. The van der Waals surface area contributed by atoms with Gasteiger partial charge >= 0.3 is 0 Å². The lowest BCUT2D eigenvalue weighted by atomic mass is 10.1. The zero-order valence-corrected chi connectivity index (χ0v) is 12.8. The van der Waals surface area contributed by atoms with Crippen molar-refractivity contribution in [2.75, 3.05) is 33.7 Å². The number of H-pyrrole nitrogens is 1. The van der Waals surface area contributed by atoms with E-state index in [1.807, 2.05) is 0 Å². The molecule has 6 nitrogen and oxygen atoms in total. The van der Waals surface area contributed by atoms with E-state index in [0.717, 1.165) is 19.5 Å². The third-order valence-corrected chi connectivity index (χ3v) is 5.82. The molecule has 108 valence electrons. The Bertz CT molecular complexity index is 533. The second-order valence-electron chi connectivity index (χ2n) is 5.47. The van der Waals surface area contributed by atoms with Crippen LogP contribution in [0.1, 0.15) is 17.8 Å². The molecule has 1 aromatic rings. The summed E-state index contributed by atoms with van der Waals surface area (Å²) < 4.78 is 26.6. The Morgan fingerprint density at radius 2 is 2.16 bits per heavy atom. The van der Waals surface area contributed by atoms with Crippen LogP contribution in [0, 0.1) is 19.8 Å². The van der Waals surface area contributed by atoms with Crippen molar-refractivity contribution in [3.05, 3.63) is 11.4 Å². The summed E-state index contributed by atoms with van der Waals surface area (Å²) in [6.07, 6.45) is 1.06. The van der Waals surface area contributed by atoms with E-state index in [1.165, 1.54) is 4.31 Å². The Kier molecular flexibility index (Phi) is 3.98. The Balaban J connectivity index is 2.16. The zero-order valence-electron chi connectivity index (χ0n) is 12.0. The lowest BCUT2D eigenvalue weighted by Gasteiger charge is -2.21. The van der Waals surface area contributed by atoms with Crippen molar-refractivity contribution >= 4 is 10.0 Å². The molecule has 1 aliphatic rings. The van der Waals surface area contributed by atoms with Gasteiger partial charge in [0, 0.05) is 20.1 Å². The maximum Gasteiger partial charge on any atom is 0.246 e. The van der Waals surface area contributed by atoms with Crippen molar-refractivity contribution in [1.82, 2.24) is 19.4 Å². The Hall–Kier alpha value is -0.920. The maximum absolute atomic E-state index is 12.6. The highest BCUT2D eigenvalue weighted by Gasteiger charge is 2.30. The van der Waals surface area contributed by atoms with E-state index in [0.29, 0.717) is 28.7 Å². The predicted molar refractivity (Wildman–Crippen MR) is 73.5 cm³/mol. The van der Waals surface area contributed by atoms with Crippen LogP contribution in [0.15, 0.2) is 4.90 Å². The molecular weight excluding hydrogens is 264 g/mol. The lowest BCUT2D eigenvalue weighted by molar-refractivity contribution is 0.356. The van der Waals surface area contributed by atoms with Gasteiger partial charge in [-0.3, -0.25) is 5.10 Å². The van der Waals surface area contributed by atoms with Crippen LogP contribution >= 0.6 is 0 Å². The number of nitrogens with one attached hydrogen (secondary N) is 1. The first-order chi connectivity index (χ1) is 8.82. The number of likely N-dealkylation sites (tertiary alicyclic amines) is 1. The van der Waals surface area contributed by atoms with E-state index >= 15 is 0 Å². The van der Waals surface area contributed by atoms with Gasteiger partial charge in [-0.1, -0.05) is 0 Å². The van der Waals surface area contributed by atoms with E-state index in [2.05, 4.69) is 22.1 Å². The van der Waals surface area contributed by atoms with Crippen molar-refractivity contribution in [3.63, 3.8) is 0 Å². The van der Waals surface area contributed by atoms with Crippen molar-refractivity contribution in [2.45, 2.75) is 25.2 Å². The Morgan fingerprint density at radius 1 is 1.47 bits per heavy atom. The van der Waals surface area contributed by atoms with E-state index < -0.39 is 10.0 Å². The molecule has 0 saturated carbocycles. The first-order valence-corrected chi connectivity index (χ1v) is 7.93. The summed E-state index contributed by atoms with van der Waals surface area (Å²) in [6.45, 7) is 6.03. The average Bonchev–Trinajstić information content (AvgIpc) is 2.85. The standard InChI is InChI=1S/C12H22N4O2S/c1-9-12(10(2)14-13-9)19(17,18)16(4)8-11-5-6-15(3)7-11/h11H,5-8H2,1-4H3,(H,13,14). The first kappa shape index (κ1) is 14.5. The van der Waals surface area contributed by atoms with Gasteiger partial charge in [-0.25, -0.2) is 12.7 Å². The van der Waals surface area contributed by atoms with Gasteiger partial charge in [-0.2, -0.15) is 5.10 Å². The van der Waals surface area contributed by atoms with E-state index in [9.17, 15) is 8.42 Å². The molecule has 0 aliphatic carbocycles. The molecule has 1 N–H and O–H groups in total. The number of rotatable bonds is 4. The van der Waals surface area contributed by atoms with Crippen LogP contribution in [0.2, 0.25) is 0 Å². The maximum atomic E-state index is 12.6. The topological polar surface area (TPSA) is 69.3 Å². The van der Waals surface area contributed by atoms with E-state index in [-0.39, 0.29) is 0 Å². The molecule has 1 aromatic heterocycles. The Morgan fingerprint density at radius 3 is 2.63 bits per heavy atom. The fourth-order valence-electron chi connectivity index (χ4n) is 2.71. The fourth-order valence-corrected chi connectivity index (χ4v) is 4.28. The molecule has 0 amide bonds. The largest absolute Gasteiger partial charge is 0.306 e. The summed E-state index contributed by atoms with van der Waals surface area (Å²) in [7, 11) is 0.280. The number of hydrogen-bond donors (Lipinski definition) is 1. The normalized spacial score (nSPS) is 21.4. The van der Waals surface area contributed by atoms with Gasteiger partial charge in [0.1, 0.15) is 4.90 Å². The Labute approximate surface area is 114 Å². The fraction of sp³-hybridized carbons (Fsp3) is 0.750. The van der Waals surface area contributed by atoms with Crippen LogP contribution < -0.4 is 0 Å². The van der Waals surface area contributed by atoms with E-state index in [1.54, 1.807) is 20.9 Å². The summed E-state index contributed by atoms with van der Waals surface area (Å²) in [4.78, 5) is 2.56. The van der Waals surface area contributed by atoms with Crippen molar-refractivity contribution in [2.24, 2.45) is 5.92 Å². The number of nitrogens with zero attached hydrogens (tertiary/aromatic N) is 3. The summed E-state index contributed by atoms with van der Waals surface area (Å²) in [5.74, 6) is 0.414. The van der Waals surface area contributed by atoms with Gasteiger partial charge in [-0.15, -0.1) is 0 Å². The minimum atomic E-state index is -3.44. The lowest BCUT2D eigenvalue weighted by Crippen LogP contribution is -2.33. The van der Waals surface area contributed by atoms with Crippen molar-refractivity contribution in [1.29, 1.82) is 0 Å². The number of aromatic amines is 1. The minimum Gasteiger partial charge on any atom is -0.306 e. The first-order valence-electron chi connectivity index (χ1n) is 6.49. The van der Waals surface area contributed by atoms with Gasteiger partial charge < -0.3 is 4.90 Å². The molecule has 0 radical (unpaired) electrons. The second-order valence-corrected chi connectivity index (χ2v) is 7.45. The molecule has 1 atom stereocenters. The summed E-state index contributed by atoms with van der Waals surface area (Å²) >= 11 is 0. The second kappa shape index (κ2) is 5.22. The van der Waals surface area contributed by atoms with Crippen LogP contribution in [-0.4, -0.2) is 61.5 Å². The number of hydrogen-bond acceptors (Lipinski definition) is 4. The van der Waals surface area contributed by atoms with Gasteiger partial charge in [-0.05, 0) is 39.8 Å². The van der Waals surface area contributed by atoms with Gasteiger partial charge in [0.05, 0.1) is 11.4 Å². The van der Waals surface area contributed by atoms with Crippen LogP contribution in [0.4, 0.5) is 0 Å². The molecule has 1 fully saturated rings. The van der Waals surface area contributed by atoms with Crippen molar-refractivity contribution in [3.8, 4) is 0 Å². The highest BCUT2D eigenvalue weighted by Crippen LogP contribution is 2.23. The van der Waals surface area contributed by atoms with Gasteiger partial charge in [0.25, 0.3) is 0 Å². The summed E-state index contributed by atoms with van der Waals surface area (Å²) in [5, 5.41) is 6.70. The van der Waals surface area contributed by atoms with Crippen molar-refractivity contribution < 1.29 is 8.42 Å². The molecule has 2 rings (SSSR count). The molecule has 7 heteroatoms. The zero-order chi connectivity index (χ0) is 14.2. The van der Waals surface area contributed by atoms with Gasteiger partial charge in [0.15, 0.2) is 0 Å². The molecule has 1 saturated heterocycles. The molecule has 2 heterocycles. The minimum absolute atomic E-state index is 0.321. The SMILES string of the molecule is Cc1n[nH]c(C)c1S(=O)(=O)N(C)CC1CCN(C)C1. The molecule has 0 spiro atoms. The average molecular weight is 286 g/mol. The third-order valence-electron chi connectivity index (χ3n) is 3.73. The third kappa shape index (κ3) is 2.82. The molecular formula is C12H22N4O2S. The van der Waals surface area contributed by atoms with E-state index in [4.69, 9.17) is 0 Å². The summed E-state index contributed by atoms with van der Waals surface area (Å²) in [5.41, 5.74) is 1.14. The van der Waals surface area contributed by atoms with Crippen LogP contribution in [0.5, 0.6) is 0 Å². The molecule has 1 unspecified atom stereocenters. The van der Waals surface area contributed by atoms with Crippen LogP contribution in [-0.2, 0) is 10.0 Å². The van der Waals surface area contributed by atoms with Crippen LogP contribution in [0.3, 0.4) is 0 Å². The molecule has 0 aromatic carbocycles. The van der Waals surface area contributed by atoms with Gasteiger partial charge in [0.2, 0.25) is 10.0 Å². The smallest absolute Gasteiger partial charge is 0.246 e. The number of aryl methyl sites for hydroxylation is 2. The molecule has 0 bridgehead atoms. The molecule has 19 heavy (non-hydrogen) atoms. The van der Waals surface area contributed by atoms with Crippen LogP contribution in [0.25, 0.3) is 0 Å².